The van der Waals surface area contributed by atoms with Crippen molar-refractivity contribution < 1.29 is 37.4 Å². The van der Waals surface area contributed by atoms with E-state index in [9.17, 15) is 18.9 Å². The zero-order chi connectivity index (χ0) is 43.3. The van der Waals surface area contributed by atoms with E-state index in [0.29, 0.717) is 38.5 Å². The second-order valence-electron chi connectivity index (χ2n) is 16.8. The van der Waals surface area contributed by atoms with Gasteiger partial charge >= 0.3 is 0 Å². The van der Waals surface area contributed by atoms with E-state index in [2.05, 4.69) is 127 Å². The van der Waals surface area contributed by atoms with Crippen molar-refractivity contribution in [2.45, 2.75) is 64.7 Å². The zero-order valence-electron chi connectivity index (χ0n) is 35.2. The lowest BCUT2D eigenvalue weighted by molar-refractivity contribution is -0.225. The molecule has 0 saturated carbocycles. The van der Waals surface area contributed by atoms with E-state index < -0.39 is 15.6 Å². The summed E-state index contributed by atoms with van der Waals surface area (Å²) in [6.45, 7) is 2.22. The molecular formula is C53H48O8P2-2. The fourth-order valence-corrected chi connectivity index (χ4v) is 11.4. The third-order valence-electron chi connectivity index (χ3n) is 13.0. The highest BCUT2D eigenvalue weighted by Crippen LogP contribution is 2.45. The molecule has 2 atom stereocenters. The fourth-order valence-electron chi connectivity index (χ4n) is 10.3. The van der Waals surface area contributed by atoms with E-state index in [-0.39, 0.29) is 19.8 Å². The Morgan fingerprint density at radius 1 is 0.397 bits per heavy atom. The highest BCUT2D eigenvalue weighted by Gasteiger charge is 2.19. The Morgan fingerprint density at radius 2 is 0.667 bits per heavy atom. The molecule has 0 fully saturated rings. The maximum Gasteiger partial charge on any atom is 0.267 e. The molecule has 8 nitrogen and oxygen atoms in total. The van der Waals surface area contributed by atoms with Crippen molar-refractivity contribution in [2.75, 3.05) is 19.8 Å². The molecule has 0 aliphatic carbocycles. The molecule has 0 radical (unpaired) electrons. The Balaban J connectivity index is 0.796. The van der Waals surface area contributed by atoms with Gasteiger partial charge in [0.25, 0.3) is 15.6 Å². The summed E-state index contributed by atoms with van der Waals surface area (Å²) in [5, 5.41) is 19.2. The molecule has 1 N–H and O–H groups in total. The van der Waals surface area contributed by atoms with E-state index in [0.717, 1.165) is 55.3 Å². The van der Waals surface area contributed by atoms with Crippen LogP contribution in [0.4, 0.5) is 0 Å². The molecular weight excluding hydrogens is 827 g/mol. The summed E-state index contributed by atoms with van der Waals surface area (Å²) in [4.78, 5) is 33.0. The average molecular weight is 875 g/mol. The molecule has 0 saturated heterocycles. The van der Waals surface area contributed by atoms with Crippen molar-refractivity contribution in [3.63, 3.8) is 0 Å². The van der Waals surface area contributed by atoms with E-state index in [1.807, 2.05) is 6.07 Å². The maximum absolute atomic E-state index is 12.9. The van der Waals surface area contributed by atoms with Crippen LogP contribution in [0.25, 0.3) is 86.2 Å². The molecule has 320 valence electrons. The van der Waals surface area contributed by atoms with Crippen LogP contribution in [-0.4, -0.2) is 24.7 Å². The summed E-state index contributed by atoms with van der Waals surface area (Å²) in [5.41, 5.74) is 4.78. The monoisotopic (exact) mass is 874 g/mol. The van der Waals surface area contributed by atoms with Gasteiger partial charge in [-0.25, -0.2) is 0 Å². The van der Waals surface area contributed by atoms with E-state index >= 15 is 0 Å². The van der Waals surface area contributed by atoms with Crippen LogP contribution >= 0.6 is 15.6 Å². The van der Waals surface area contributed by atoms with Crippen LogP contribution in [0.5, 0.6) is 0 Å². The predicted octanol–water partition coefficient (Wildman–Crippen LogP) is 12.6. The summed E-state index contributed by atoms with van der Waals surface area (Å²) >= 11 is 0. The number of hydrogen-bond acceptors (Lipinski definition) is 7. The van der Waals surface area contributed by atoms with Gasteiger partial charge in [0.15, 0.2) is 0 Å². The van der Waals surface area contributed by atoms with Crippen LogP contribution in [0.2, 0.25) is 0 Å². The van der Waals surface area contributed by atoms with Crippen molar-refractivity contribution in [3.8, 4) is 0 Å². The summed E-state index contributed by atoms with van der Waals surface area (Å²) in [5.74, 6) is 0. The molecule has 10 rings (SSSR count). The van der Waals surface area contributed by atoms with Gasteiger partial charge in [-0.15, -0.1) is 0 Å². The molecule has 10 aromatic rings. The highest BCUT2D eigenvalue weighted by atomic mass is 31.2. The van der Waals surface area contributed by atoms with Crippen LogP contribution in [0, 0.1) is 0 Å². The molecule has 0 bridgehead atoms. The standard InChI is InChI=1S/C53H50O8P2/c1-2-3-11-34-23-27-46-43-20-6-17-40-36(25-29-47(52(40)43)42-19-4-15-38(34)50(42)46)13-9-32-60-63(57,58)61-33-10-14-37-26-30-49-44-21-5-16-39-35(12-8-31-59-62(54,55)56)24-28-48(51(39)44)45-22-7-18-41(37)53(45)49/h4-7,15-30H,2-3,8-14,31-33H2,1H3,(H,57,58)(H2,54,55,56)/p-2. The van der Waals surface area contributed by atoms with Crippen LogP contribution in [0.3, 0.4) is 0 Å². The molecule has 0 spiro atoms. The Kier molecular flexibility index (Phi) is 11.5. The molecule has 63 heavy (non-hydrogen) atoms. The van der Waals surface area contributed by atoms with Gasteiger partial charge in [-0.1, -0.05) is 135 Å². The van der Waals surface area contributed by atoms with E-state index in [1.165, 1.54) is 72.4 Å². The second-order valence-corrected chi connectivity index (χ2v) is 19.4. The quantitative estimate of drug-likeness (QED) is 0.0391. The zero-order valence-corrected chi connectivity index (χ0v) is 37.0. The molecule has 0 amide bonds. The van der Waals surface area contributed by atoms with Crippen LogP contribution in [0.15, 0.2) is 121 Å². The van der Waals surface area contributed by atoms with Gasteiger partial charge in [-0.05, 0) is 160 Å². The van der Waals surface area contributed by atoms with E-state index in [1.54, 1.807) is 0 Å². The van der Waals surface area contributed by atoms with Crippen molar-refractivity contribution in [2.24, 2.45) is 0 Å². The topological polar surface area (TPSA) is 128 Å². The first kappa shape index (κ1) is 42.0. The third-order valence-corrected chi connectivity index (χ3v) is 14.5. The Morgan fingerprint density at radius 3 is 0.968 bits per heavy atom. The Hall–Kier alpha value is -4.98. The minimum Gasteiger partial charge on any atom is -0.756 e. The summed E-state index contributed by atoms with van der Waals surface area (Å²) in [6, 6.07) is 43.4. The summed E-state index contributed by atoms with van der Waals surface area (Å²) in [6.07, 6.45) is 6.80. The third kappa shape index (κ3) is 7.99. The SMILES string of the molecule is CCCCc1ccc2c3cccc4c(CCCOP(=O)([O-])OCCCc5ccc6c7cccc8c(CCCOP(=O)([O-])O)ccc(c9cccc5c96)c87)ccc(c5cccc1c25)c43. The second kappa shape index (κ2) is 17.2. The fraction of sp³-hybridized carbons (Fsp3) is 0.245. The molecule has 2 unspecified atom stereocenters. The highest BCUT2D eigenvalue weighted by molar-refractivity contribution is 7.45. The lowest BCUT2D eigenvalue weighted by Crippen LogP contribution is -2.10. The number of phosphoric ester groups is 2. The minimum absolute atomic E-state index is 0.0214. The maximum atomic E-state index is 12.9. The van der Waals surface area contributed by atoms with Gasteiger partial charge < -0.3 is 28.3 Å². The first-order valence-electron chi connectivity index (χ1n) is 22.1. The molecule has 0 aliphatic rings. The number of benzene rings is 10. The average Bonchev–Trinajstić information content (AvgIpc) is 3.28. The van der Waals surface area contributed by atoms with Crippen molar-refractivity contribution >= 4 is 102 Å². The number of rotatable bonds is 18. The number of aryl methyl sites for hydroxylation is 4. The van der Waals surface area contributed by atoms with Crippen molar-refractivity contribution in [1.82, 2.24) is 0 Å². The minimum atomic E-state index is -4.75. The van der Waals surface area contributed by atoms with Crippen LogP contribution < -0.4 is 9.79 Å². The number of unbranched alkanes of at least 4 members (excludes halogenated alkanes) is 1. The van der Waals surface area contributed by atoms with Gasteiger partial charge in [0.05, 0.1) is 19.8 Å². The molecule has 10 heteroatoms. The number of fused-ring (bicyclic) bond motifs is 4. The van der Waals surface area contributed by atoms with Gasteiger partial charge in [0.2, 0.25) is 0 Å². The summed E-state index contributed by atoms with van der Waals surface area (Å²) in [7, 11) is -9.26. The Labute approximate surface area is 365 Å². The van der Waals surface area contributed by atoms with Crippen molar-refractivity contribution in [1.29, 1.82) is 0 Å². The first-order valence-corrected chi connectivity index (χ1v) is 25.0. The molecule has 10 aromatic carbocycles. The van der Waals surface area contributed by atoms with Crippen LogP contribution in [-0.2, 0) is 48.4 Å². The predicted molar refractivity (Wildman–Crippen MR) is 254 cm³/mol. The van der Waals surface area contributed by atoms with Crippen molar-refractivity contribution in [3.05, 3.63) is 144 Å². The first-order chi connectivity index (χ1) is 30.6. The smallest absolute Gasteiger partial charge is 0.267 e. The van der Waals surface area contributed by atoms with Gasteiger partial charge in [0, 0.05) is 0 Å². The summed E-state index contributed by atoms with van der Waals surface area (Å²) < 4.78 is 39.3. The lowest BCUT2D eigenvalue weighted by Gasteiger charge is -2.23. The van der Waals surface area contributed by atoms with Gasteiger partial charge in [-0.2, -0.15) is 0 Å². The van der Waals surface area contributed by atoms with Crippen LogP contribution in [0.1, 0.15) is 61.3 Å². The number of phosphoric acid groups is 2. The largest absolute Gasteiger partial charge is 0.756 e. The lowest BCUT2D eigenvalue weighted by atomic mass is 9.86. The molecule has 0 aromatic heterocycles. The molecule has 0 heterocycles. The van der Waals surface area contributed by atoms with Gasteiger partial charge in [0.1, 0.15) is 0 Å². The van der Waals surface area contributed by atoms with E-state index in [4.69, 9.17) is 13.9 Å². The molecule has 0 aliphatic heterocycles. The Bertz CT molecular complexity index is 3370. The van der Waals surface area contributed by atoms with Gasteiger partial charge in [-0.3, -0.25) is 9.13 Å². The normalized spacial score (nSPS) is 14.4. The number of hydrogen-bond donors (Lipinski definition) is 1.